The molecule has 134 valence electrons. The summed E-state index contributed by atoms with van der Waals surface area (Å²) in [5.74, 6) is 0. The molecule has 0 aliphatic carbocycles. The van der Waals surface area contributed by atoms with E-state index in [4.69, 9.17) is 4.74 Å². The Bertz CT molecular complexity index is 666. The van der Waals surface area contributed by atoms with E-state index < -0.39 is 12.5 Å². The second kappa shape index (κ2) is 10.2. The minimum Gasteiger partial charge on any atom is -0.415 e. The maximum absolute atomic E-state index is 13.6. The maximum atomic E-state index is 13.6. The SMILES string of the molecule is CCCC(F)OC(=O)NC(Cc1ccccc1)c1cccc(CBr)c1. The zero-order chi connectivity index (χ0) is 18.1. The van der Waals surface area contributed by atoms with Gasteiger partial charge in [0.2, 0.25) is 6.36 Å². The molecule has 3 nitrogen and oxygen atoms in total. The van der Waals surface area contributed by atoms with Gasteiger partial charge in [0.25, 0.3) is 0 Å². The van der Waals surface area contributed by atoms with Gasteiger partial charge in [-0.05, 0) is 29.5 Å². The van der Waals surface area contributed by atoms with Crippen molar-refractivity contribution >= 4 is 22.0 Å². The third kappa shape index (κ3) is 6.50. The van der Waals surface area contributed by atoms with E-state index in [0.29, 0.717) is 12.8 Å². The van der Waals surface area contributed by atoms with E-state index in [0.717, 1.165) is 22.0 Å². The van der Waals surface area contributed by atoms with Crippen LogP contribution in [-0.2, 0) is 16.5 Å². The standard InChI is InChI=1S/C20H23BrFNO2/c1-2-7-19(22)25-20(24)23-18(13-15-8-4-3-5-9-15)17-11-6-10-16(12-17)14-21/h3-6,8-12,18-19H,2,7,13-14H2,1H3,(H,23,24). The molecule has 0 spiro atoms. The highest BCUT2D eigenvalue weighted by atomic mass is 79.9. The number of benzene rings is 2. The lowest BCUT2D eigenvalue weighted by molar-refractivity contribution is 0.00669. The van der Waals surface area contributed by atoms with Crippen LogP contribution in [0.3, 0.4) is 0 Å². The van der Waals surface area contributed by atoms with Gasteiger partial charge in [0, 0.05) is 11.8 Å². The number of nitrogens with one attached hydrogen (secondary N) is 1. The van der Waals surface area contributed by atoms with Crippen molar-refractivity contribution in [2.45, 2.75) is 43.9 Å². The highest BCUT2D eigenvalue weighted by Crippen LogP contribution is 2.21. The minimum absolute atomic E-state index is 0.204. The van der Waals surface area contributed by atoms with Gasteiger partial charge in [-0.15, -0.1) is 0 Å². The fourth-order valence-electron chi connectivity index (χ4n) is 2.57. The first-order valence-electron chi connectivity index (χ1n) is 8.42. The van der Waals surface area contributed by atoms with Crippen molar-refractivity contribution < 1.29 is 13.9 Å². The lowest BCUT2D eigenvalue weighted by atomic mass is 9.98. The predicted octanol–water partition coefficient (Wildman–Crippen LogP) is 5.69. The molecule has 0 radical (unpaired) electrons. The second-order valence-electron chi connectivity index (χ2n) is 5.87. The summed E-state index contributed by atoms with van der Waals surface area (Å²) in [6, 6.07) is 17.5. The number of amides is 1. The van der Waals surface area contributed by atoms with Gasteiger partial charge in [0.1, 0.15) is 0 Å². The number of carbonyl (C=O) groups excluding carboxylic acids is 1. The number of rotatable bonds is 8. The van der Waals surface area contributed by atoms with Gasteiger partial charge in [0.05, 0.1) is 6.04 Å². The number of hydrogen-bond donors (Lipinski definition) is 1. The van der Waals surface area contributed by atoms with Gasteiger partial charge in [-0.3, -0.25) is 0 Å². The van der Waals surface area contributed by atoms with Crippen LogP contribution in [0.4, 0.5) is 9.18 Å². The van der Waals surface area contributed by atoms with Crippen LogP contribution in [0.2, 0.25) is 0 Å². The molecule has 1 amide bonds. The van der Waals surface area contributed by atoms with Crippen molar-refractivity contribution in [1.29, 1.82) is 0 Å². The summed E-state index contributed by atoms with van der Waals surface area (Å²) in [4.78, 5) is 12.1. The molecular weight excluding hydrogens is 385 g/mol. The molecule has 25 heavy (non-hydrogen) atoms. The summed E-state index contributed by atoms with van der Waals surface area (Å²) in [6.45, 7) is 1.85. The molecule has 0 heterocycles. The molecule has 0 aromatic heterocycles. The Balaban J connectivity index is 2.15. The molecule has 2 aromatic carbocycles. The van der Waals surface area contributed by atoms with Crippen molar-refractivity contribution in [2.24, 2.45) is 0 Å². The zero-order valence-corrected chi connectivity index (χ0v) is 15.8. The molecule has 5 heteroatoms. The Morgan fingerprint density at radius 2 is 1.88 bits per heavy atom. The van der Waals surface area contributed by atoms with Gasteiger partial charge < -0.3 is 10.1 Å². The third-order valence-electron chi connectivity index (χ3n) is 3.83. The second-order valence-corrected chi connectivity index (χ2v) is 6.43. The van der Waals surface area contributed by atoms with Gasteiger partial charge in [-0.25, -0.2) is 9.18 Å². The molecule has 2 unspecified atom stereocenters. The van der Waals surface area contributed by atoms with E-state index in [1.807, 2.05) is 61.5 Å². The Kier molecular flexibility index (Phi) is 7.92. The fraction of sp³-hybridized carbons (Fsp3) is 0.350. The molecule has 0 saturated carbocycles. The summed E-state index contributed by atoms with van der Waals surface area (Å²) in [6.07, 6.45) is -0.875. The van der Waals surface area contributed by atoms with E-state index in [1.54, 1.807) is 0 Å². The van der Waals surface area contributed by atoms with E-state index >= 15 is 0 Å². The first kappa shape index (κ1) is 19.4. The van der Waals surface area contributed by atoms with E-state index in [-0.39, 0.29) is 12.5 Å². The van der Waals surface area contributed by atoms with Crippen LogP contribution < -0.4 is 5.32 Å². The van der Waals surface area contributed by atoms with Crippen molar-refractivity contribution in [2.75, 3.05) is 0 Å². The highest BCUT2D eigenvalue weighted by Gasteiger charge is 2.19. The predicted molar refractivity (Wildman–Crippen MR) is 101 cm³/mol. The van der Waals surface area contributed by atoms with Crippen molar-refractivity contribution in [3.8, 4) is 0 Å². The fourth-order valence-corrected chi connectivity index (χ4v) is 2.92. The third-order valence-corrected chi connectivity index (χ3v) is 4.48. The highest BCUT2D eigenvalue weighted by molar-refractivity contribution is 9.08. The maximum Gasteiger partial charge on any atom is 0.410 e. The van der Waals surface area contributed by atoms with E-state index in [9.17, 15) is 9.18 Å². The number of ether oxygens (including phenoxy) is 1. The zero-order valence-electron chi connectivity index (χ0n) is 14.3. The molecule has 1 N–H and O–H groups in total. The number of alkyl halides is 2. The number of halogens is 2. The van der Waals surface area contributed by atoms with Crippen LogP contribution in [0.25, 0.3) is 0 Å². The monoisotopic (exact) mass is 407 g/mol. The van der Waals surface area contributed by atoms with Gasteiger partial charge >= 0.3 is 6.09 Å². The summed E-state index contributed by atoms with van der Waals surface area (Å²) in [5.41, 5.74) is 3.16. The summed E-state index contributed by atoms with van der Waals surface area (Å²) < 4.78 is 18.4. The molecule has 0 aliphatic rings. The normalized spacial score (nSPS) is 13.1. The number of alkyl carbamates (subject to hydrolysis) is 1. The average molecular weight is 408 g/mol. The van der Waals surface area contributed by atoms with Crippen LogP contribution in [0, 0.1) is 0 Å². The molecule has 2 atom stereocenters. The van der Waals surface area contributed by atoms with E-state index in [2.05, 4.69) is 21.2 Å². The molecule has 0 fully saturated rings. The molecule has 2 rings (SSSR count). The smallest absolute Gasteiger partial charge is 0.410 e. The van der Waals surface area contributed by atoms with Gasteiger partial charge in [-0.1, -0.05) is 77.5 Å². The summed E-state index contributed by atoms with van der Waals surface area (Å²) in [5, 5.41) is 3.53. The summed E-state index contributed by atoms with van der Waals surface area (Å²) >= 11 is 3.45. The Morgan fingerprint density at radius 3 is 2.56 bits per heavy atom. The van der Waals surface area contributed by atoms with Crippen LogP contribution >= 0.6 is 15.9 Å². The van der Waals surface area contributed by atoms with Crippen LogP contribution in [0.5, 0.6) is 0 Å². The minimum atomic E-state index is -1.57. The van der Waals surface area contributed by atoms with Crippen LogP contribution in [0.1, 0.15) is 42.5 Å². The lowest BCUT2D eigenvalue weighted by Crippen LogP contribution is -2.32. The van der Waals surface area contributed by atoms with Crippen molar-refractivity contribution in [3.63, 3.8) is 0 Å². The topological polar surface area (TPSA) is 38.3 Å². The van der Waals surface area contributed by atoms with Crippen LogP contribution in [0.15, 0.2) is 54.6 Å². The van der Waals surface area contributed by atoms with Crippen molar-refractivity contribution in [1.82, 2.24) is 5.32 Å². The van der Waals surface area contributed by atoms with Crippen LogP contribution in [-0.4, -0.2) is 12.5 Å². The Labute approximate surface area is 156 Å². The van der Waals surface area contributed by atoms with Gasteiger partial charge in [-0.2, -0.15) is 0 Å². The lowest BCUT2D eigenvalue weighted by Gasteiger charge is -2.20. The Morgan fingerprint density at radius 1 is 1.16 bits per heavy atom. The van der Waals surface area contributed by atoms with Crippen molar-refractivity contribution in [3.05, 3.63) is 71.3 Å². The molecular formula is C20H23BrFNO2. The first-order valence-corrected chi connectivity index (χ1v) is 9.54. The molecule has 0 bridgehead atoms. The van der Waals surface area contributed by atoms with Gasteiger partial charge in [0.15, 0.2) is 0 Å². The summed E-state index contributed by atoms with van der Waals surface area (Å²) in [7, 11) is 0. The number of hydrogen-bond acceptors (Lipinski definition) is 2. The largest absolute Gasteiger partial charge is 0.415 e. The average Bonchev–Trinajstić information content (AvgIpc) is 2.62. The Hall–Kier alpha value is -1.88. The van der Waals surface area contributed by atoms with E-state index in [1.165, 1.54) is 0 Å². The molecule has 2 aromatic rings. The first-order chi connectivity index (χ1) is 12.1. The molecule has 0 aliphatic heterocycles. The number of carbonyl (C=O) groups is 1. The quantitative estimate of drug-likeness (QED) is 0.570. The molecule has 0 saturated heterocycles.